The van der Waals surface area contributed by atoms with E-state index in [4.69, 9.17) is 16.3 Å². The summed E-state index contributed by atoms with van der Waals surface area (Å²) in [4.78, 5) is 23.4. The van der Waals surface area contributed by atoms with Crippen LogP contribution in [0.2, 0.25) is 5.02 Å². The van der Waals surface area contributed by atoms with Crippen LogP contribution < -0.4 is 4.74 Å². The summed E-state index contributed by atoms with van der Waals surface area (Å²) in [5.74, 6) is 0.748. The number of thiazole rings is 2. The first-order valence-corrected chi connectivity index (χ1v) is 11.0. The molecule has 29 heavy (non-hydrogen) atoms. The van der Waals surface area contributed by atoms with Crippen molar-refractivity contribution in [3.05, 3.63) is 74.6 Å². The van der Waals surface area contributed by atoms with Crippen molar-refractivity contribution in [2.45, 2.75) is 19.6 Å². The van der Waals surface area contributed by atoms with Crippen LogP contribution in [0.1, 0.15) is 15.7 Å². The summed E-state index contributed by atoms with van der Waals surface area (Å²) in [5, 5.41) is 4.33. The van der Waals surface area contributed by atoms with E-state index in [1.807, 2.05) is 41.8 Å². The van der Waals surface area contributed by atoms with Crippen LogP contribution >= 0.6 is 34.3 Å². The van der Waals surface area contributed by atoms with Gasteiger partial charge in [-0.2, -0.15) is 0 Å². The van der Waals surface area contributed by atoms with E-state index in [1.54, 1.807) is 35.4 Å². The molecule has 0 saturated carbocycles. The van der Waals surface area contributed by atoms with E-state index in [0.29, 0.717) is 18.2 Å². The second kappa shape index (κ2) is 8.90. The lowest BCUT2D eigenvalue weighted by molar-refractivity contribution is -0.129. The Bertz CT molecular complexity index is 1090. The summed E-state index contributed by atoms with van der Waals surface area (Å²) in [7, 11) is 1.80. The van der Waals surface area contributed by atoms with Crippen LogP contribution in [0.25, 0.3) is 10.2 Å². The zero-order valence-corrected chi connectivity index (χ0v) is 18.1. The highest BCUT2D eigenvalue weighted by Crippen LogP contribution is 2.23. The molecule has 0 aliphatic carbocycles. The Morgan fingerprint density at radius 2 is 1.90 bits per heavy atom. The van der Waals surface area contributed by atoms with Gasteiger partial charge >= 0.3 is 0 Å². The van der Waals surface area contributed by atoms with E-state index >= 15 is 0 Å². The molecule has 2 aromatic carbocycles. The number of hydrogen-bond acceptors (Lipinski definition) is 6. The van der Waals surface area contributed by atoms with Crippen molar-refractivity contribution in [3.63, 3.8) is 0 Å². The van der Waals surface area contributed by atoms with Gasteiger partial charge in [0, 0.05) is 17.5 Å². The lowest BCUT2D eigenvalue weighted by Crippen LogP contribution is -2.27. The molecule has 0 spiro atoms. The minimum absolute atomic E-state index is 0.0136. The molecular formula is C21H18ClN3O2S2. The van der Waals surface area contributed by atoms with E-state index in [-0.39, 0.29) is 12.3 Å². The molecule has 5 nitrogen and oxygen atoms in total. The highest BCUT2D eigenvalue weighted by molar-refractivity contribution is 7.18. The molecule has 2 aromatic heterocycles. The number of ether oxygens (including phenoxy) is 1. The average molecular weight is 444 g/mol. The smallest absolute Gasteiger partial charge is 0.228 e. The minimum atomic E-state index is 0.0136. The zero-order valence-electron chi connectivity index (χ0n) is 15.7. The van der Waals surface area contributed by atoms with Crippen LogP contribution in [-0.2, 0) is 24.4 Å². The van der Waals surface area contributed by atoms with Crippen molar-refractivity contribution >= 4 is 50.4 Å². The van der Waals surface area contributed by atoms with Gasteiger partial charge in [0.2, 0.25) is 5.91 Å². The van der Waals surface area contributed by atoms with Crippen molar-refractivity contribution in [1.82, 2.24) is 14.9 Å². The van der Waals surface area contributed by atoms with Gasteiger partial charge in [0.1, 0.15) is 22.4 Å². The molecular weight excluding hydrogens is 426 g/mol. The van der Waals surface area contributed by atoms with Crippen LogP contribution in [0.15, 0.2) is 53.9 Å². The average Bonchev–Trinajstić information content (AvgIpc) is 3.33. The van der Waals surface area contributed by atoms with Gasteiger partial charge in [-0.15, -0.1) is 22.7 Å². The molecule has 148 valence electrons. The molecule has 0 saturated heterocycles. The molecule has 4 aromatic rings. The van der Waals surface area contributed by atoms with Gasteiger partial charge in [-0.05, 0) is 36.4 Å². The topological polar surface area (TPSA) is 55.3 Å². The first-order valence-electron chi connectivity index (χ1n) is 8.97. The molecule has 8 heteroatoms. The highest BCUT2D eigenvalue weighted by atomic mass is 35.5. The SMILES string of the molecule is CN(Cc1nc2ccccc2s1)C(=O)Cc1csc(COc2ccc(Cl)cc2)n1. The van der Waals surface area contributed by atoms with Crippen molar-refractivity contribution < 1.29 is 9.53 Å². The summed E-state index contributed by atoms with van der Waals surface area (Å²) in [6, 6.07) is 15.2. The van der Waals surface area contributed by atoms with E-state index in [9.17, 15) is 4.79 Å². The summed E-state index contributed by atoms with van der Waals surface area (Å²) in [5.41, 5.74) is 1.73. The van der Waals surface area contributed by atoms with Gasteiger partial charge in [-0.3, -0.25) is 4.79 Å². The third-order valence-corrected chi connectivity index (χ3v) is 6.39. The maximum Gasteiger partial charge on any atom is 0.228 e. The molecule has 2 heterocycles. The number of aromatic nitrogens is 2. The normalized spacial score (nSPS) is 11.0. The molecule has 0 atom stereocenters. The standard InChI is InChI=1S/C21H18ClN3O2S2/c1-25(11-19-24-17-4-2-3-5-18(17)29-19)21(26)10-15-13-28-20(23-15)12-27-16-8-6-14(22)7-9-16/h2-9,13H,10-12H2,1H3. The number of halogens is 1. The van der Waals surface area contributed by atoms with Gasteiger partial charge in [0.05, 0.1) is 28.9 Å². The maximum absolute atomic E-state index is 12.6. The predicted molar refractivity (Wildman–Crippen MR) is 118 cm³/mol. The zero-order chi connectivity index (χ0) is 20.2. The van der Waals surface area contributed by atoms with Gasteiger partial charge in [0.25, 0.3) is 0 Å². The monoisotopic (exact) mass is 443 g/mol. The summed E-state index contributed by atoms with van der Waals surface area (Å²) < 4.78 is 6.84. The Labute approximate surface area is 181 Å². The van der Waals surface area contributed by atoms with Crippen LogP contribution in [0.5, 0.6) is 5.75 Å². The number of carbonyl (C=O) groups is 1. The Morgan fingerprint density at radius 1 is 1.10 bits per heavy atom. The lowest BCUT2D eigenvalue weighted by atomic mass is 10.3. The summed E-state index contributed by atoms with van der Waals surface area (Å²) >= 11 is 8.98. The molecule has 0 aliphatic heterocycles. The van der Waals surface area contributed by atoms with E-state index in [0.717, 1.165) is 31.7 Å². The number of hydrogen-bond donors (Lipinski definition) is 0. The molecule has 1 amide bonds. The molecule has 4 rings (SSSR count). The summed E-state index contributed by atoms with van der Waals surface area (Å²) in [6.45, 7) is 0.858. The fourth-order valence-corrected chi connectivity index (χ4v) is 4.59. The van der Waals surface area contributed by atoms with E-state index < -0.39 is 0 Å². The molecule has 0 unspecified atom stereocenters. The van der Waals surface area contributed by atoms with E-state index in [1.165, 1.54) is 11.3 Å². The number of nitrogens with zero attached hydrogens (tertiary/aromatic N) is 3. The van der Waals surface area contributed by atoms with Crippen LogP contribution in [0, 0.1) is 0 Å². The number of carbonyl (C=O) groups excluding carboxylic acids is 1. The Hall–Kier alpha value is -2.48. The lowest BCUT2D eigenvalue weighted by Gasteiger charge is -2.14. The molecule has 0 aliphatic rings. The Balaban J connectivity index is 1.31. The minimum Gasteiger partial charge on any atom is -0.486 e. The van der Waals surface area contributed by atoms with Gasteiger partial charge in [-0.25, -0.2) is 9.97 Å². The Kier molecular flexibility index (Phi) is 6.08. The second-order valence-electron chi connectivity index (χ2n) is 6.48. The predicted octanol–water partition coefficient (Wildman–Crippen LogP) is 5.19. The first kappa shape index (κ1) is 19.8. The van der Waals surface area contributed by atoms with Crippen molar-refractivity contribution in [1.29, 1.82) is 0 Å². The highest BCUT2D eigenvalue weighted by Gasteiger charge is 2.15. The Morgan fingerprint density at radius 3 is 2.69 bits per heavy atom. The third kappa shape index (κ3) is 5.12. The fraction of sp³-hybridized carbons (Fsp3) is 0.190. The van der Waals surface area contributed by atoms with Crippen LogP contribution in [0.4, 0.5) is 0 Å². The van der Waals surface area contributed by atoms with Crippen LogP contribution in [-0.4, -0.2) is 27.8 Å². The van der Waals surface area contributed by atoms with Crippen molar-refractivity contribution in [3.8, 4) is 5.75 Å². The van der Waals surface area contributed by atoms with E-state index in [2.05, 4.69) is 9.97 Å². The number of likely N-dealkylation sites (N-methyl/N-ethyl adjacent to an activating group) is 1. The maximum atomic E-state index is 12.6. The molecule has 0 bridgehead atoms. The van der Waals surface area contributed by atoms with Gasteiger partial charge in [0.15, 0.2) is 0 Å². The van der Waals surface area contributed by atoms with Gasteiger partial charge in [-0.1, -0.05) is 23.7 Å². The largest absolute Gasteiger partial charge is 0.486 e. The van der Waals surface area contributed by atoms with Gasteiger partial charge < -0.3 is 9.64 Å². The fourth-order valence-electron chi connectivity index (χ4n) is 2.74. The van der Waals surface area contributed by atoms with Crippen molar-refractivity contribution in [2.24, 2.45) is 0 Å². The van der Waals surface area contributed by atoms with Crippen molar-refractivity contribution in [2.75, 3.05) is 7.05 Å². The number of fused-ring (bicyclic) bond motifs is 1. The quantitative estimate of drug-likeness (QED) is 0.394. The summed E-state index contributed by atoms with van der Waals surface area (Å²) in [6.07, 6.45) is 0.263. The third-order valence-electron chi connectivity index (χ3n) is 4.24. The molecule has 0 fully saturated rings. The number of benzene rings is 2. The first-order chi connectivity index (χ1) is 14.1. The van der Waals surface area contributed by atoms with Crippen LogP contribution in [0.3, 0.4) is 0 Å². The number of amides is 1. The molecule has 0 radical (unpaired) electrons. The second-order valence-corrected chi connectivity index (χ2v) is 8.97. The number of para-hydroxylation sites is 1. The number of rotatable bonds is 7. The molecule has 0 N–H and O–H groups in total.